The summed E-state index contributed by atoms with van der Waals surface area (Å²) in [6.45, 7) is 3.22. The lowest BCUT2D eigenvalue weighted by atomic mass is 9.96. The van der Waals surface area contributed by atoms with Gasteiger partial charge in [-0.3, -0.25) is 9.36 Å². The number of imidazole rings is 1. The number of amides is 1. The van der Waals surface area contributed by atoms with E-state index in [4.69, 9.17) is 22.3 Å². The van der Waals surface area contributed by atoms with Crippen molar-refractivity contribution < 1.29 is 9.90 Å². The lowest BCUT2D eigenvalue weighted by Gasteiger charge is -2.24. The molecule has 1 heterocycles. The molecule has 6 N–H and O–H groups in total. The van der Waals surface area contributed by atoms with Gasteiger partial charge in [0.05, 0.1) is 11.6 Å². The Morgan fingerprint density at radius 2 is 1.92 bits per heavy atom. The Hall–Kier alpha value is -3.23. The number of aromatic hydroxyl groups is 1. The van der Waals surface area contributed by atoms with Gasteiger partial charge >= 0.3 is 0 Å². The number of nitrogens with two attached hydrogens (primary N) is 1. The van der Waals surface area contributed by atoms with Gasteiger partial charge in [0.1, 0.15) is 5.75 Å². The van der Waals surface area contributed by atoms with E-state index in [2.05, 4.69) is 28.1 Å². The van der Waals surface area contributed by atoms with Gasteiger partial charge in [-0.2, -0.15) is 4.98 Å². The van der Waals surface area contributed by atoms with E-state index < -0.39 is 0 Å². The van der Waals surface area contributed by atoms with Gasteiger partial charge in [-0.25, -0.2) is 0 Å². The van der Waals surface area contributed by atoms with E-state index in [0.717, 1.165) is 24.0 Å². The zero-order valence-electron chi connectivity index (χ0n) is 21.3. The molecule has 3 aromatic rings. The molecule has 0 saturated heterocycles. The second-order valence-electron chi connectivity index (χ2n) is 9.67. The molecule has 8 nitrogen and oxygen atoms in total. The molecule has 2 aromatic carbocycles. The SMILES string of the molecule is CCNC(=O)c1c(NC[C@H](N)Cc2ccccc2)nc(NC2CCCCC2)n1Cc1ccc(O)c(Cl)c1. The van der Waals surface area contributed by atoms with E-state index in [0.29, 0.717) is 49.6 Å². The smallest absolute Gasteiger partial charge is 0.271 e. The van der Waals surface area contributed by atoms with E-state index >= 15 is 0 Å². The predicted octanol–water partition coefficient (Wildman–Crippen LogP) is 4.77. The Bertz CT molecular complexity index is 1180. The van der Waals surface area contributed by atoms with Crippen LogP contribution in [0.25, 0.3) is 0 Å². The molecule has 1 aliphatic carbocycles. The number of phenolic OH excluding ortho intramolecular Hbond substituents is 1. The second kappa shape index (κ2) is 12.8. The molecular formula is C28H37ClN6O2. The molecule has 0 aliphatic heterocycles. The van der Waals surface area contributed by atoms with E-state index in [-0.39, 0.29) is 22.7 Å². The standard InChI is InChI=1S/C28H37ClN6O2/c1-2-31-27(37)25-26(32-17-21(30)15-19-9-5-3-6-10-19)34-28(33-22-11-7-4-8-12-22)35(25)18-20-13-14-24(36)23(29)16-20/h3,5-6,9-10,13-14,16,21-22,32,36H,2,4,7-8,11-12,15,17-18,30H2,1H3,(H,31,37)(H,33,34)/t21-/m1/s1. The monoisotopic (exact) mass is 524 g/mol. The highest BCUT2D eigenvalue weighted by Gasteiger charge is 2.26. The fourth-order valence-corrected chi connectivity index (χ4v) is 5.00. The molecule has 0 unspecified atom stereocenters. The predicted molar refractivity (Wildman–Crippen MR) is 150 cm³/mol. The van der Waals surface area contributed by atoms with Crippen LogP contribution in [0.2, 0.25) is 5.02 Å². The van der Waals surface area contributed by atoms with Gasteiger partial charge in [0.15, 0.2) is 11.5 Å². The first-order chi connectivity index (χ1) is 17.9. The van der Waals surface area contributed by atoms with Crippen LogP contribution in [-0.2, 0) is 13.0 Å². The number of carbonyl (C=O) groups excluding carboxylic acids is 1. The van der Waals surface area contributed by atoms with Crippen molar-refractivity contribution in [3.05, 3.63) is 70.4 Å². The number of hydrogen-bond acceptors (Lipinski definition) is 6. The number of phenols is 1. The summed E-state index contributed by atoms with van der Waals surface area (Å²) in [6.07, 6.45) is 6.44. The summed E-state index contributed by atoms with van der Waals surface area (Å²) in [5, 5.41) is 20.0. The lowest BCUT2D eigenvalue weighted by molar-refractivity contribution is 0.0948. The first-order valence-corrected chi connectivity index (χ1v) is 13.5. The van der Waals surface area contributed by atoms with Crippen molar-refractivity contribution in [2.75, 3.05) is 23.7 Å². The molecule has 198 valence electrons. The highest BCUT2D eigenvalue weighted by Crippen LogP contribution is 2.29. The quantitative estimate of drug-likeness (QED) is 0.247. The number of carbonyl (C=O) groups is 1. The minimum Gasteiger partial charge on any atom is -0.506 e. The largest absolute Gasteiger partial charge is 0.506 e. The van der Waals surface area contributed by atoms with Gasteiger partial charge in [-0.1, -0.05) is 67.3 Å². The van der Waals surface area contributed by atoms with Crippen LogP contribution in [-0.4, -0.2) is 45.7 Å². The van der Waals surface area contributed by atoms with Crippen LogP contribution in [0.3, 0.4) is 0 Å². The molecular weight excluding hydrogens is 488 g/mol. The van der Waals surface area contributed by atoms with Crippen molar-refractivity contribution in [2.45, 2.75) is 64.1 Å². The van der Waals surface area contributed by atoms with Gasteiger partial charge in [0.2, 0.25) is 5.95 Å². The Morgan fingerprint density at radius 3 is 2.62 bits per heavy atom. The third kappa shape index (κ3) is 7.17. The molecule has 1 amide bonds. The highest BCUT2D eigenvalue weighted by atomic mass is 35.5. The Kier molecular flexibility index (Phi) is 9.30. The molecule has 1 saturated carbocycles. The molecule has 1 aliphatic rings. The highest BCUT2D eigenvalue weighted by molar-refractivity contribution is 6.32. The Morgan fingerprint density at radius 1 is 1.16 bits per heavy atom. The second-order valence-corrected chi connectivity index (χ2v) is 10.1. The normalized spacial score (nSPS) is 14.8. The molecule has 4 rings (SSSR count). The Balaban J connectivity index is 1.64. The number of halogens is 1. The molecule has 0 radical (unpaired) electrons. The topological polar surface area (TPSA) is 117 Å². The summed E-state index contributed by atoms with van der Waals surface area (Å²) < 4.78 is 1.90. The zero-order valence-corrected chi connectivity index (χ0v) is 22.1. The van der Waals surface area contributed by atoms with Crippen LogP contribution in [0, 0.1) is 0 Å². The minimum absolute atomic E-state index is 0.0234. The summed E-state index contributed by atoms with van der Waals surface area (Å²) in [5.74, 6) is 0.945. The van der Waals surface area contributed by atoms with E-state index in [1.807, 2.05) is 29.7 Å². The van der Waals surface area contributed by atoms with Gasteiger partial charge < -0.3 is 26.8 Å². The van der Waals surface area contributed by atoms with Crippen molar-refractivity contribution in [2.24, 2.45) is 5.73 Å². The van der Waals surface area contributed by atoms with Crippen molar-refractivity contribution >= 4 is 29.3 Å². The summed E-state index contributed by atoms with van der Waals surface area (Å²) in [4.78, 5) is 18.2. The molecule has 1 fully saturated rings. The van der Waals surface area contributed by atoms with Crippen LogP contribution in [0.4, 0.5) is 11.8 Å². The first-order valence-electron chi connectivity index (χ1n) is 13.1. The van der Waals surface area contributed by atoms with Crippen LogP contribution in [0.1, 0.15) is 60.6 Å². The summed E-state index contributed by atoms with van der Waals surface area (Å²) in [7, 11) is 0. The fraction of sp³-hybridized carbons (Fsp3) is 0.429. The van der Waals surface area contributed by atoms with Gasteiger partial charge in [0, 0.05) is 25.2 Å². The van der Waals surface area contributed by atoms with Crippen LogP contribution >= 0.6 is 11.6 Å². The molecule has 1 atom stereocenters. The molecule has 1 aromatic heterocycles. The number of benzene rings is 2. The first kappa shape index (κ1) is 26.8. The third-order valence-electron chi connectivity index (χ3n) is 6.68. The molecule has 9 heteroatoms. The van der Waals surface area contributed by atoms with Crippen molar-refractivity contribution in [1.29, 1.82) is 0 Å². The maximum atomic E-state index is 13.3. The van der Waals surface area contributed by atoms with E-state index in [1.165, 1.54) is 19.3 Å². The fourth-order valence-electron chi connectivity index (χ4n) is 4.79. The van der Waals surface area contributed by atoms with E-state index in [9.17, 15) is 9.90 Å². The van der Waals surface area contributed by atoms with Crippen LogP contribution in [0.5, 0.6) is 5.75 Å². The number of aromatic nitrogens is 2. The lowest BCUT2D eigenvalue weighted by Crippen LogP contribution is -2.32. The maximum absolute atomic E-state index is 13.3. The minimum atomic E-state index is -0.212. The van der Waals surface area contributed by atoms with Crippen LogP contribution in [0.15, 0.2) is 48.5 Å². The van der Waals surface area contributed by atoms with Gasteiger partial charge in [0.25, 0.3) is 5.91 Å². The molecule has 37 heavy (non-hydrogen) atoms. The van der Waals surface area contributed by atoms with Crippen LogP contribution < -0.4 is 21.7 Å². The molecule has 0 spiro atoms. The number of nitrogens with zero attached hydrogens (tertiary/aromatic N) is 2. The van der Waals surface area contributed by atoms with E-state index in [1.54, 1.807) is 18.2 Å². The number of rotatable bonds is 11. The number of anilines is 2. The average Bonchev–Trinajstić information content (AvgIpc) is 3.23. The van der Waals surface area contributed by atoms with Crippen molar-refractivity contribution in [3.63, 3.8) is 0 Å². The van der Waals surface area contributed by atoms with Crippen molar-refractivity contribution in [1.82, 2.24) is 14.9 Å². The van der Waals surface area contributed by atoms with Gasteiger partial charge in [-0.05, 0) is 49.4 Å². The van der Waals surface area contributed by atoms with Gasteiger partial charge in [-0.15, -0.1) is 0 Å². The number of hydrogen-bond donors (Lipinski definition) is 5. The zero-order chi connectivity index (χ0) is 26.2. The maximum Gasteiger partial charge on any atom is 0.271 e. The van der Waals surface area contributed by atoms with Crippen molar-refractivity contribution in [3.8, 4) is 5.75 Å². The summed E-state index contributed by atoms with van der Waals surface area (Å²) in [5.41, 5.74) is 8.89. The number of nitrogens with one attached hydrogen (secondary N) is 3. The average molecular weight is 525 g/mol. The Labute approximate surface area is 223 Å². The summed E-state index contributed by atoms with van der Waals surface area (Å²) in [6, 6.07) is 15.3. The molecule has 0 bridgehead atoms. The third-order valence-corrected chi connectivity index (χ3v) is 6.99. The summed E-state index contributed by atoms with van der Waals surface area (Å²) >= 11 is 6.19.